The van der Waals surface area contributed by atoms with Crippen molar-refractivity contribution in [3.63, 3.8) is 0 Å². The Labute approximate surface area is 202 Å². The van der Waals surface area contributed by atoms with Gasteiger partial charge in [-0.3, -0.25) is 4.99 Å². The van der Waals surface area contributed by atoms with Crippen LogP contribution in [0.15, 0.2) is 53.7 Å². The van der Waals surface area contributed by atoms with E-state index in [2.05, 4.69) is 58.8 Å². The summed E-state index contributed by atoms with van der Waals surface area (Å²) in [6.45, 7) is 7.09. The van der Waals surface area contributed by atoms with Crippen LogP contribution in [0.2, 0.25) is 0 Å². The predicted molar refractivity (Wildman–Crippen MR) is 137 cm³/mol. The third-order valence-electron chi connectivity index (χ3n) is 5.18. The van der Waals surface area contributed by atoms with Crippen molar-refractivity contribution in [1.82, 2.24) is 20.5 Å². The molecule has 6 nitrogen and oxygen atoms in total. The zero-order chi connectivity index (χ0) is 21.2. The molecule has 0 amide bonds. The fourth-order valence-corrected chi connectivity index (χ4v) is 3.70. The second-order valence-electron chi connectivity index (χ2n) is 7.72. The maximum absolute atomic E-state index is 14.0. The van der Waals surface area contributed by atoms with E-state index in [9.17, 15) is 4.39 Å². The molecule has 1 fully saturated rings. The maximum atomic E-state index is 14.0. The van der Waals surface area contributed by atoms with Crippen LogP contribution in [0, 0.1) is 5.82 Å². The van der Waals surface area contributed by atoms with Crippen molar-refractivity contribution in [3.8, 4) is 0 Å². The van der Waals surface area contributed by atoms with E-state index < -0.39 is 0 Å². The highest BCUT2D eigenvalue weighted by molar-refractivity contribution is 14.0. The summed E-state index contributed by atoms with van der Waals surface area (Å²) in [5, 5.41) is 6.82. The van der Waals surface area contributed by atoms with Gasteiger partial charge >= 0.3 is 0 Å². The minimum atomic E-state index is -0.265. The molecule has 0 aliphatic carbocycles. The number of pyridine rings is 1. The van der Waals surface area contributed by atoms with Gasteiger partial charge < -0.3 is 20.4 Å². The van der Waals surface area contributed by atoms with E-state index in [0.29, 0.717) is 5.82 Å². The van der Waals surface area contributed by atoms with E-state index in [1.54, 1.807) is 12.3 Å². The number of guanidine groups is 1. The summed E-state index contributed by atoms with van der Waals surface area (Å²) >= 11 is 0. The van der Waals surface area contributed by atoms with Crippen LogP contribution in [-0.4, -0.2) is 61.7 Å². The van der Waals surface area contributed by atoms with Crippen molar-refractivity contribution in [2.45, 2.75) is 32.4 Å². The van der Waals surface area contributed by atoms with E-state index in [1.807, 2.05) is 11.0 Å². The lowest BCUT2D eigenvalue weighted by Crippen LogP contribution is -2.44. The van der Waals surface area contributed by atoms with Crippen molar-refractivity contribution in [1.29, 1.82) is 0 Å². The first-order valence-electron chi connectivity index (χ1n) is 10.8. The monoisotopic (exact) mass is 540 g/mol. The third kappa shape index (κ3) is 8.25. The summed E-state index contributed by atoms with van der Waals surface area (Å²) in [4.78, 5) is 13.2. The van der Waals surface area contributed by atoms with Gasteiger partial charge in [-0.1, -0.05) is 30.3 Å². The smallest absolute Gasteiger partial charge is 0.191 e. The number of hydrogen-bond donors (Lipinski definition) is 2. The summed E-state index contributed by atoms with van der Waals surface area (Å²) in [5.74, 6) is 1.00. The van der Waals surface area contributed by atoms with Crippen LogP contribution in [0.4, 0.5) is 10.2 Å². The average molecular weight is 540 g/mol. The Morgan fingerprint density at radius 2 is 2.06 bits per heavy atom. The highest BCUT2D eigenvalue weighted by atomic mass is 127. The van der Waals surface area contributed by atoms with Gasteiger partial charge in [0.05, 0.1) is 0 Å². The van der Waals surface area contributed by atoms with Gasteiger partial charge in [-0.15, -0.1) is 24.0 Å². The standard InChI is InChI=1S/C23H33FN6.HI/c1-3-25-23(27-14-8-15-29(2)17-19-9-5-4-6-10-19)28-20-12-16-30(18-20)22-21(24)11-7-13-26-22;/h4-7,9-11,13,20H,3,8,12,14-18H2,1-2H3,(H2,25,27,28);1H. The molecular formula is C23H34FIN6. The number of nitrogens with zero attached hydrogens (tertiary/aromatic N) is 4. The second-order valence-corrected chi connectivity index (χ2v) is 7.72. The van der Waals surface area contributed by atoms with Crippen LogP contribution in [0.3, 0.4) is 0 Å². The van der Waals surface area contributed by atoms with Crippen LogP contribution in [0.25, 0.3) is 0 Å². The van der Waals surface area contributed by atoms with Crippen molar-refractivity contribution in [3.05, 3.63) is 60.0 Å². The Morgan fingerprint density at radius 1 is 1.26 bits per heavy atom. The molecule has 1 unspecified atom stereocenters. The van der Waals surface area contributed by atoms with Crippen LogP contribution >= 0.6 is 24.0 Å². The Morgan fingerprint density at radius 3 is 2.81 bits per heavy atom. The van der Waals surface area contributed by atoms with E-state index in [-0.39, 0.29) is 35.8 Å². The number of aromatic nitrogens is 1. The molecule has 1 aliphatic rings. The number of rotatable bonds is 9. The average Bonchev–Trinajstić information content (AvgIpc) is 3.20. The normalized spacial score (nSPS) is 16.3. The summed E-state index contributed by atoms with van der Waals surface area (Å²) < 4.78 is 14.0. The molecule has 2 heterocycles. The first kappa shape index (κ1) is 25.3. The largest absolute Gasteiger partial charge is 0.357 e. The fourth-order valence-electron chi connectivity index (χ4n) is 3.70. The minimum absolute atomic E-state index is 0. The van der Waals surface area contributed by atoms with Gasteiger partial charge in [0.15, 0.2) is 17.6 Å². The Balaban J connectivity index is 0.00000341. The molecule has 2 aromatic rings. The predicted octanol–water partition coefficient (Wildman–Crippen LogP) is 3.49. The molecule has 3 rings (SSSR count). The molecule has 1 aliphatic heterocycles. The molecule has 0 spiro atoms. The molecule has 1 aromatic heterocycles. The van der Waals surface area contributed by atoms with Crippen LogP contribution in [-0.2, 0) is 6.54 Å². The number of anilines is 1. The van der Waals surface area contributed by atoms with Crippen molar-refractivity contribution in [2.75, 3.05) is 44.7 Å². The summed E-state index contributed by atoms with van der Waals surface area (Å²) in [6, 6.07) is 13.8. The molecule has 1 atom stereocenters. The van der Waals surface area contributed by atoms with E-state index >= 15 is 0 Å². The van der Waals surface area contributed by atoms with Gasteiger partial charge in [-0.05, 0) is 51.1 Å². The minimum Gasteiger partial charge on any atom is -0.357 e. The molecule has 0 saturated carbocycles. The van der Waals surface area contributed by atoms with Crippen LogP contribution < -0.4 is 15.5 Å². The van der Waals surface area contributed by atoms with Crippen molar-refractivity contribution < 1.29 is 4.39 Å². The lowest BCUT2D eigenvalue weighted by Gasteiger charge is -2.20. The zero-order valence-corrected chi connectivity index (χ0v) is 20.8. The van der Waals surface area contributed by atoms with E-state index in [0.717, 1.165) is 58.1 Å². The van der Waals surface area contributed by atoms with Crippen molar-refractivity contribution in [2.24, 2.45) is 4.99 Å². The molecule has 2 N–H and O–H groups in total. The molecule has 31 heavy (non-hydrogen) atoms. The Kier molecular flexibility index (Phi) is 11.0. The molecule has 0 radical (unpaired) electrons. The second kappa shape index (κ2) is 13.5. The van der Waals surface area contributed by atoms with E-state index in [4.69, 9.17) is 4.99 Å². The fraction of sp³-hybridized carbons (Fsp3) is 0.478. The molecular weight excluding hydrogens is 506 g/mol. The molecule has 170 valence electrons. The van der Waals surface area contributed by atoms with Gasteiger partial charge in [0, 0.05) is 45.0 Å². The molecule has 1 saturated heterocycles. The van der Waals surface area contributed by atoms with Gasteiger partial charge in [0.25, 0.3) is 0 Å². The summed E-state index contributed by atoms with van der Waals surface area (Å²) in [5.41, 5.74) is 1.33. The molecule has 0 bridgehead atoms. The van der Waals surface area contributed by atoms with Gasteiger partial charge in [0.1, 0.15) is 0 Å². The van der Waals surface area contributed by atoms with Crippen LogP contribution in [0.5, 0.6) is 0 Å². The first-order valence-corrected chi connectivity index (χ1v) is 10.8. The summed E-state index contributed by atoms with van der Waals surface area (Å²) in [7, 11) is 2.14. The highest BCUT2D eigenvalue weighted by Crippen LogP contribution is 2.20. The lowest BCUT2D eigenvalue weighted by molar-refractivity contribution is 0.324. The summed E-state index contributed by atoms with van der Waals surface area (Å²) in [6.07, 6.45) is 3.57. The first-order chi connectivity index (χ1) is 14.7. The SMILES string of the molecule is CCNC(=NCCCN(C)Cc1ccccc1)NC1CCN(c2ncccc2F)C1.I. The number of aliphatic imine (C=N–C) groups is 1. The highest BCUT2D eigenvalue weighted by Gasteiger charge is 2.25. The zero-order valence-electron chi connectivity index (χ0n) is 18.4. The third-order valence-corrected chi connectivity index (χ3v) is 5.18. The maximum Gasteiger partial charge on any atom is 0.191 e. The number of nitrogens with one attached hydrogen (secondary N) is 2. The van der Waals surface area contributed by atoms with Gasteiger partial charge in [0.2, 0.25) is 0 Å². The topological polar surface area (TPSA) is 55.8 Å². The van der Waals surface area contributed by atoms with Crippen LogP contribution in [0.1, 0.15) is 25.3 Å². The van der Waals surface area contributed by atoms with Crippen molar-refractivity contribution >= 4 is 35.8 Å². The molecule has 1 aromatic carbocycles. The van der Waals surface area contributed by atoms with E-state index in [1.165, 1.54) is 11.6 Å². The number of hydrogen-bond acceptors (Lipinski definition) is 4. The number of benzene rings is 1. The van der Waals surface area contributed by atoms with Gasteiger partial charge in [-0.2, -0.15) is 0 Å². The quantitative estimate of drug-likeness (QED) is 0.221. The van der Waals surface area contributed by atoms with Gasteiger partial charge in [-0.25, -0.2) is 9.37 Å². The Bertz CT molecular complexity index is 804. The Hall–Kier alpha value is -1.94. The number of halogens is 2. The lowest BCUT2D eigenvalue weighted by atomic mass is 10.2. The molecule has 8 heteroatoms.